The number of hydrogen-bond donors (Lipinski definition) is 1. The lowest BCUT2D eigenvalue weighted by atomic mass is 10.1. The minimum absolute atomic E-state index is 0. The fourth-order valence-corrected chi connectivity index (χ4v) is 1.47. The van der Waals surface area contributed by atoms with Crippen molar-refractivity contribution in [1.82, 2.24) is 5.32 Å². The van der Waals surface area contributed by atoms with Gasteiger partial charge in [0.25, 0.3) is 0 Å². The minimum Gasteiger partial charge on any atom is -0.447 e. The molecule has 1 aliphatic rings. The SMILES string of the molecule is Cc1ccc([C@@H]2COC(=O)N2)c(F)c1.Cl. The van der Waals surface area contributed by atoms with Gasteiger partial charge < -0.3 is 10.1 Å². The van der Waals surface area contributed by atoms with E-state index in [1.54, 1.807) is 6.07 Å². The normalized spacial score (nSPS) is 19.1. The number of ether oxygens (including phenoxy) is 1. The van der Waals surface area contributed by atoms with Crippen LogP contribution in [-0.2, 0) is 4.74 Å². The van der Waals surface area contributed by atoms with Gasteiger partial charge in [0.05, 0.1) is 6.04 Å². The molecule has 1 fully saturated rings. The molecule has 0 radical (unpaired) electrons. The third-order valence-electron chi connectivity index (χ3n) is 2.20. The van der Waals surface area contributed by atoms with E-state index in [1.165, 1.54) is 6.07 Å². The van der Waals surface area contributed by atoms with Crippen LogP contribution in [0.25, 0.3) is 0 Å². The molecule has 1 atom stereocenters. The number of carbonyl (C=O) groups excluding carboxylic acids is 1. The van der Waals surface area contributed by atoms with E-state index >= 15 is 0 Å². The van der Waals surface area contributed by atoms with Gasteiger partial charge in [-0.3, -0.25) is 0 Å². The number of rotatable bonds is 1. The number of hydrogen-bond acceptors (Lipinski definition) is 2. The maximum atomic E-state index is 13.4. The Hall–Kier alpha value is -1.29. The molecule has 0 aliphatic carbocycles. The molecular weight excluding hydrogens is 221 g/mol. The lowest BCUT2D eigenvalue weighted by molar-refractivity contribution is 0.177. The largest absolute Gasteiger partial charge is 0.447 e. The first-order chi connectivity index (χ1) is 6.66. The summed E-state index contributed by atoms with van der Waals surface area (Å²) in [4.78, 5) is 10.7. The number of amides is 1. The van der Waals surface area contributed by atoms with Crippen LogP contribution in [0.3, 0.4) is 0 Å². The maximum Gasteiger partial charge on any atom is 0.407 e. The first-order valence-electron chi connectivity index (χ1n) is 4.36. The molecule has 1 aromatic carbocycles. The molecule has 15 heavy (non-hydrogen) atoms. The lowest BCUT2D eigenvalue weighted by Gasteiger charge is -2.08. The van der Waals surface area contributed by atoms with Gasteiger partial charge in [0.2, 0.25) is 0 Å². The van der Waals surface area contributed by atoms with E-state index < -0.39 is 6.09 Å². The molecule has 82 valence electrons. The summed E-state index contributed by atoms with van der Waals surface area (Å²) >= 11 is 0. The van der Waals surface area contributed by atoms with E-state index in [2.05, 4.69) is 10.1 Å². The fraction of sp³-hybridized carbons (Fsp3) is 0.300. The highest BCUT2D eigenvalue weighted by molar-refractivity contribution is 5.85. The van der Waals surface area contributed by atoms with Crippen molar-refractivity contribution in [3.63, 3.8) is 0 Å². The highest BCUT2D eigenvalue weighted by atomic mass is 35.5. The number of aryl methyl sites for hydroxylation is 1. The van der Waals surface area contributed by atoms with Crippen molar-refractivity contribution in [2.75, 3.05) is 6.61 Å². The number of alkyl carbamates (subject to hydrolysis) is 1. The second-order valence-electron chi connectivity index (χ2n) is 3.32. The van der Waals surface area contributed by atoms with E-state index in [0.29, 0.717) is 5.56 Å². The predicted octanol–water partition coefficient (Wildman–Crippen LogP) is 2.34. The molecule has 1 amide bonds. The Labute approximate surface area is 93.0 Å². The smallest absolute Gasteiger partial charge is 0.407 e. The van der Waals surface area contributed by atoms with Crippen LogP contribution >= 0.6 is 12.4 Å². The van der Waals surface area contributed by atoms with Crippen molar-refractivity contribution in [2.24, 2.45) is 0 Å². The van der Waals surface area contributed by atoms with E-state index in [9.17, 15) is 9.18 Å². The summed E-state index contributed by atoms with van der Waals surface area (Å²) in [6.45, 7) is 2.01. The Morgan fingerprint density at radius 3 is 2.80 bits per heavy atom. The standard InChI is InChI=1S/C10H10FNO2.ClH/c1-6-2-3-7(8(11)4-6)9-5-14-10(13)12-9;/h2-4,9H,5H2,1H3,(H,12,13);1H/t9-;/m0./s1. The number of halogens is 2. The summed E-state index contributed by atoms with van der Waals surface area (Å²) in [6, 6.07) is 4.57. The van der Waals surface area contributed by atoms with Crippen LogP contribution in [0.2, 0.25) is 0 Å². The molecule has 1 N–H and O–H groups in total. The molecule has 0 spiro atoms. The maximum absolute atomic E-state index is 13.4. The number of cyclic esters (lactones) is 1. The van der Waals surface area contributed by atoms with E-state index in [1.807, 2.05) is 13.0 Å². The Morgan fingerprint density at radius 2 is 2.27 bits per heavy atom. The zero-order chi connectivity index (χ0) is 10.1. The average molecular weight is 232 g/mol. The Bertz CT molecular complexity index is 384. The molecule has 0 unspecified atom stereocenters. The van der Waals surface area contributed by atoms with E-state index in [0.717, 1.165) is 5.56 Å². The topological polar surface area (TPSA) is 38.3 Å². The zero-order valence-corrected chi connectivity index (χ0v) is 8.94. The first kappa shape index (κ1) is 11.8. The second-order valence-corrected chi connectivity index (χ2v) is 3.32. The molecule has 0 aromatic heterocycles. The Morgan fingerprint density at radius 1 is 1.53 bits per heavy atom. The molecular formula is C10H11ClFNO2. The lowest BCUT2D eigenvalue weighted by Crippen LogP contribution is -2.19. The summed E-state index contributed by atoms with van der Waals surface area (Å²) in [7, 11) is 0. The summed E-state index contributed by atoms with van der Waals surface area (Å²) < 4.78 is 18.1. The number of nitrogens with one attached hydrogen (secondary N) is 1. The van der Waals surface area contributed by atoms with Crippen LogP contribution in [0.4, 0.5) is 9.18 Å². The van der Waals surface area contributed by atoms with Gasteiger partial charge in [-0.1, -0.05) is 12.1 Å². The quantitative estimate of drug-likeness (QED) is 0.806. The Balaban J connectivity index is 0.00000112. The molecule has 2 rings (SSSR count). The van der Waals surface area contributed by atoms with Gasteiger partial charge in [-0.25, -0.2) is 9.18 Å². The van der Waals surface area contributed by atoms with Crippen LogP contribution in [-0.4, -0.2) is 12.7 Å². The van der Waals surface area contributed by atoms with Gasteiger partial charge in [-0.15, -0.1) is 12.4 Å². The van der Waals surface area contributed by atoms with Gasteiger partial charge in [0, 0.05) is 5.56 Å². The molecule has 1 aromatic rings. The van der Waals surface area contributed by atoms with Crippen molar-refractivity contribution in [2.45, 2.75) is 13.0 Å². The molecule has 0 saturated carbocycles. The molecule has 1 aliphatic heterocycles. The van der Waals surface area contributed by atoms with Crippen molar-refractivity contribution in [3.8, 4) is 0 Å². The van der Waals surface area contributed by atoms with Crippen molar-refractivity contribution in [3.05, 3.63) is 35.1 Å². The van der Waals surface area contributed by atoms with Crippen LogP contribution in [0, 0.1) is 12.7 Å². The fourth-order valence-electron chi connectivity index (χ4n) is 1.47. The summed E-state index contributed by atoms with van der Waals surface area (Å²) in [5.41, 5.74) is 1.33. The van der Waals surface area contributed by atoms with Crippen LogP contribution in [0.5, 0.6) is 0 Å². The van der Waals surface area contributed by atoms with Crippen LogP contribution < -0.4 is 5.32 Å². The van der Waals surface area contributed by atoms with Crippen molar-refractivity contribution in [1.29, 1.82) is 0 Å². The molecule has 1 saturated heterocycles. The average Bonchev–Trinajstić information content (AvgIpc) is 2.51. The van der Waals surface area contributed by atoms with Crippen LogP contribution in [0.15, 0.2) is 18.2 Å². The highest BCUT2D eigenvalue weighted by Crippen LogP contribution is 2.21. The number of carbonyl (C=O) groups is 1. The third-order valence-corrected chi connectivity index (χ3v) is 2.20. The minimum atomic E-state index is -0.491. The molecule has 0 bridgehead atoms. The highest BCUT2D eigenvalue weighted by Gasteiger charge is 2.25. The van der Waals surface area contributed by atoms with E-state index in [4.69, 9.17) is 0 Å². The molecule has 5 heteroatoms. The monoisotopic (exact) mass is 231 g/mol. The first-order valence-corrected chi connectivity index (χ1v) is 4.36. The van der Waals surface area contributed by atoms with Gasteiger partial charge in [-0.05, 0) is 18.6 Å². The summed E-state index contributed by atoms with van der Waals surface area (Å²) in [5.74, 6) is -0.305. The summed E-state index contributed by atoms with van der Waals surface area (Å²) in [6.07, 6.45) is -0.491. The summed E-state index contributed by atoms with van der Waals surface area (Å²) in [5, 5.41) is 2.53. The van der Waals surface area contributed by atoms with Crippen molar-refractivity contribution < 1.29 is 13.9 Å². The molecule has 1 heterocycles. The molecule has 3 nitrogen and oxygen atoms in total. The Kier molecular flexibility index (Phi) is 3.52. The zero-order valence-electron chi connectivity index (χ0n) is 8.12. The predicted molar refractivity (Wildman–Crippen MR) is 55.6 cm³/mol. The third kappa shape index (κ3) is 2.39. The number of benzene rings is 1. The van der Waals surface area contributed by atoms with Gasteiger partial charge in [0.1, 0.15) is 12.4 Å². The van der Waals surface area contributed by atoms with E-state index in [-0.39, 0.29) is 30.9 Å². The van der Waals surface area contributed by atoms with Crippen LogP contribution in [0.1, 0.15) is 17.2 Å². The van der Waals surface area contributed by atoms with Crippen molar-refractivity contribution >= 4 is 18.5 Å². The second kappa shape index (κ2) is 4.49. The van der Waals surface area contributed by atoms with Gasteiger partial charge in [0.15, 0.2) is 0 Å². The van der Waals surface area contributed by atoms with Gasteiger partial charge in [-0.2, -0.15) is 0 Å². The van der Waals surface area contributed by atoms with Gasteiger partial charge >= 0.3 is 6.09 Å².